The van der Waals surface area contributed by atoms with E-state index in [1.807, 2.05) is 82.4 Å². The highest BCUT2D eigenvalue weighted by molar-refractivity contribution is 6.34. The quantitative estimate of drug-likeness (QED) is 0.249. The van der Waals surface area contributed by atoms with Crippen LogP contribution in [0, 0.1) is 12.8 Å². The second-order valence-electron chi connectivity index (χ2n) is 11.1. The Bertz CT molecular complexity index is 1480. The Hall–Kier alpha value is -3.50. The van der Waals surface area contributed by atoms with E-state index < -0.39 is 0 Å². The molecule has 0 aromatic heterocycles. The Morgan fingerprint density at radius 1 is 0.977 bits per heavy atom. The molecule has 0 bridgehead atoms. The third-order valence-electron chi connectivity index (χ3n) is 7.21. The maximum absolute atomic E-state index is 11.9. The van der Waals surface area contributed by atoms with Crippen molar-refractivity contribution >= 4 is 41.2 Å². The predicted molar refractivity (Wildman–Crippen MR) is 192 cm³/mol. The summed E-state index contributed by atoms with van der Waals surface area (Å²) in [5.74, 6) is 1.15. The Balaban J connectivity index is 0.000000405. The minimum Gasteiger partial charge on any atom is -0.345 e. The average Bonchev–Trinajstić information content (AvgIpc) is 3.80. The zero-order valence-corrected chi connectivity index (χ0v) is 29.4. The summed E-state index contributed by atoms with van der Waals surface area (Å²) in [6, 6.07) is 19.4. The molecule has 3 aromatic rings. The van der Waals surface area contributed by atoms with Gasteiger partial charge < -0.3 is 4.90 Å². The highest BCUT2D eigenvalue weighted by atomic mass is 35.5. The largest absolute Gasteiger partial charge is 0.345 e. The van der Waals surface area contributed by atoms with Crippen LogP contribution >= 0.6 is 11.6 Å². The van der Waals surface area contributed by atoms with Gasteiger partial charge in [-0.1, -0.05) is 108 Å². The highest BCUT2D eigenvalue weighted by Gasteiger charge is 2.13. The third-order valence-corrected chi connectivity index (χ3v) is 7.53. The van der Waals surface area contributed by atoms with Crippen molar-refractivity contribution in [3.05, 3.63) is 92.8 Å². The van der Waals surface area contributed by atoms with Gasteiger partial charge in [0, 0.05) is 48.6 Å². The van der Waals surface area contributed by atoms with Crippen molar-refractivity contribution in [2.45, 2.75) is 80.6 Å². The lowest BCUT2D eigenvalue weighted by Gasteiger charge is -2.10. The molecule has 0 saturated heterocycles. The van der Waals surface area contributed by atoms with E-state index in [9.17, 15) is 9.59 Å². The smallest absolute Gasteiger partial charge is 0.253 e. The van der Waals surface area contributed by atoms with Crippen molar-refractivity contribution in [1.29, 1.82) is 0 Å². The third kappa shape index (κ3) is 11.9. The molecule has 1 aliphatic carbocycles. The number of hydrogen-bond acceptors (Lipinski definition) is 3. The fourth-order valence-corrected chi connectivity index (χ4v) is 4.84. The molecule has 0 unspecified atom stereocenters. The van der Waals surface area contributed by atoms with Gasteiger partial charge in [-0.2, -0.15) is 0 Å². The van der Waals surface area contributed by atoms with E-state index in [-0.39, 0.29) is 11.7 Å². The molecule has 1 amide bonds. The van der Waals surface area contributed by atoms with E-state index in [1.54, 1.807) is 25.9 Å². The van der Waals surface area contributed by atoms with Crippen LogP contribution in [0.4, 0.5) is 0 Å². The molecule has 0 atom stereocenters. The molecular weight excluding hydrogens is 564 g/mol. The first-order chi connectivity index (χ1) is 20.9. The second kappa shape index (κ2) is 19.7. The second-order valence-corrected chi connectivity index (χ2v) is 11.5. The van der Waals surface area contributed by atoms with E-state index in [0.29, 0.717) is 12.0 Å². The molecule has 4 nitrogen and oxygen atoms in total. The van der Waals surface area contributed by atoms with E-state index in [4.69, 9.17) is 11.6 Å². The molecular formula is C39H53ClN2O2. The molecule has 0 heterocycles. The van der Waals surface area contributed by atoms with Crippen molar-refractivity contribution in [1.82, 2.24) is 4.90 Å². The van der Waals surface area contributed by atoms with Crippen LogP contribution in [0.3, 0.4) is 0 Å². The van der Waals surface area contributed by atoms with Crippen LogP contribution in [0.25, 0.3) is 23.3 Å². The minimum absolute atomic E-state index is 0.0154. The fourth-order valence-electron chi connectivity index (χ4n) is 4.51. The van der Waals surface area contributed by atoms with Crippen LogP contribution in [-0.4, -0.2) is 43.4 Å². The number of carbonyl (C=O) groups excluding carboxylic acids is 2. The standard InChI is InChI=1S/C21H23NO2.C12H16ClN.C4H8.C2H6/c1-6-19(15(3)23)20-12-11-18(13-14(20)2)16-7-9-17(10-8-16)21(24)22(4)5;1-4-6-11(14-3)12-9(2)7-5-8-10(12)13;1-4-2-3-4;1-2/h7-13H,2,6H2,1,3-5H3;5,7-8H,4,6H2,1-3H3;4H,2-3H2,1H3;1-2H3/b20-19+;;;. The van der Waals surface area contributed by atoms with Gasteiger partial charge in [0.25, 0.3) is 5.91 Å². The number of aryl methyl sites for hydroxylation is 1. The summed E-state index contributed by atoms with van der Waals surface area (Å²) >= 11 is 6.16. The van der Waals surface area contributed by atoms with Crippen molar-refractivity contribution < 1.29 is 9.59 Å². The molecule has 5 heteroatoms. The fraction of sp³-hybridized carbons (Fsp3) is 0.410. The summed E-state index contributed by atoms with van der Waals surface area (Å²) in [6.45, 7) is 18.2. The first-order valence-electron chi connectivity index (χ1n) is 15.8. The minimum atomic E-state index is -0.0154. The van der Waals surface area contributed by atoms with Crippen LogP contribution in [0.1, 0.15) is 95.1 Å². The monoisotopic (exact) mass is 616 g/mol. The molecule has 0 aliphatic heterocycles. The number of carbonyl (C=O) groups is 2. The van der Waals surface area contributed by atoms with Gasteiger partial charge in [0.05, 0.1) is 0 Å². The Morgan fingerprint density at radius 2 is 1.55 bits per heavy atom. The Morgan fingerprint density at radius 3 is 1.95 bits per heavy atom. The predicted octanol–water partition coefficient (Wildman–Crippen LogP) is 8.93. The number of ketones is 1. The highest BCUT2D eigenvalue weighted by Crippen LogP contribution is 2.26. The summed E-state index contributed by atoms with van der Waals surface area (Å²) in [4.78, 5) is 29.5. The summed E-state index contributed by atoms with van der Waals surface area (Å²) in [6.07, 6.45) is 5.75. The number of hydrogen-bond donors (Lipinski definition) is 0. The lowest BCUT2D eigenvalue weighted by Crippen LogP contribution is -2.27. The SMILES string of the molecule is C=c1cc(-c2ccc(C(=O)N(C)C)cc2)cc/c1=C(/CC)C(C)=O.CC.CC1CC1.CCCC(=NC)c1c(C)cccc1Cl. The average molecular weight is 617 g/mol. The number of rotatable bonds is 7. The van der Waals surface area contributed by atoms with Gasteiger partial charge in [0.15, 0.2) is 5.78 Å². The van der Waals surface area contributed by atoms with Gasteiger partial charge in [-0.05, 0) is 84.0 Å². The molecule has 4 rings (SSSR count). The molecule has 44 heavy (non-hydrogen) atoms. The topological polar surface area (TPSA) is 49.7 Å². The zero-order chi connectivity index (χ0) is 33.4. The van der Waals surface area contributed by atoms with Crippen LogP contribution in [0.2, 0.25) is 5.02 Å². The van der Waals surface area contributed by atoms with E-state index in [0.717, 1.165) is 62.2 Å². The first kappa shape index (κ1) is 38.5. The number of aliphatic imine (C=N–C) groups is 1. The van der Waals surface area contributed by atoms with Gasteiger partial charge in [0.1, 0.15) is 0 Å². The molecule has 3 aromatic carbocycles. The molecule has 1 fully saturated rings. The Kier molecular flexibility index (Phi) is 17.3. The lowest BCUT2D eigenvalue weighted by molar-refractivity contribution is -0.112. The molecule has 1 aliphatic rings. The molecule has 1 saturated carbocycles. The van der Waals surface area contributed by atoms with Crippen molar-refractivity contribution in [3.63, 3.8) is 0 Å². The number of amides is 1. The van der Waals surface area contributed by atoms with Crippen molar-refractivity contribution in [3.8, 4) is 11.1 Å². The number of benzene rings is 3. The van der Waals surface area contributed by atoms with Crippen molar-refractivity contribution in [2.75, 3.05) is 21.1 Å². The summed E-state index contributed by atoms with van der Waals surface area (Å²) in [7, 11) is 5.30. The number of nitrogens with zero attached hydrogens (tertiary/aromatic N) is 2. The van der Waals surface area contributed by atoms with E-state index in [1.165, 1.54) is 18.4 Å². The maximum Gasteiger partial charge on any atom is 0.253 e. The zero-order valence-electron chi connectivity index (χ0n) is 28.7. The van der Waals surface area contributed by atoms with Crippen LogP contribution in [0.15, 0.2) is 65.7 Å². The summed E-state index contributed by atoms with van der Waals surface area (Å²) in [5, 5.41) is 2.56. The van der Waals surface area contributed by atoms with Crippen molar-refractivity contribution in [2.24, 2.45) is 10.9 Å². The van der Waals surface area contributed by atoms with Gasteiger partial charge in [-0.15, -0.1) is 0 Å². The molecule has 238 valence electrons. The van der Waals surface area contributed by atoms with Gasteiger partial charge in [0.2, 0.25) is 0 Å². The summed E-state index contributed by atoms with van der Waals surface area (Å²) in [5.41, 5.74) is 6.92. The summed E-state index contributed by atoms with van der Waals surface area (Å²) < 4.78 is 0. The van der Waals surface area contributed by atoms with Crippen LogP contribution < -0.4 is 10.4 Å². The lowest BCUT2D eigenvalue weighted by atomic mass is 9.99. The Labute approximate surface area is 271 Å². The molecule has 0 N–H and O–H groups in total. The molecule has 0 spiro atoms. The van der Waals surface area contributed by atoms with E-state index >= 15 is 0 Å². The van der Waals surface area contributed by atoms with Crippen LogP contribution in [-0.2, 0) is 4.79 Å². The molecule has 0 radical (unpaired) electrons. The number of halogens is 1. The van der Waals surface area contributed by atoms with Gasteiger partial charge >= 0.3 is 0 Å². The van der Waals surface area contributed by atoms with Crippen LogP contribution in [0.5, 0.6) is 0 Å². The van der Waals surface area contributed by atoms with Gasteiger partial charge in [-0.3, -0.25) is 14.6 Å². The normalized spacial score (nSPS) is 12.8. The van der Waals surface area contributed by atoms with E-state index in [2.05, 4.69) is 38.4 Å². The van der Waals surface area contributed by atoms with Gasteiger partial charge in [-0.25, -0.2) is 0 Å². The maximum atomic E-state index is 11.9. The number of Topliss-reactive ketones (excluding diaryl/α,β-unsaturated/α-hetero) is 1. The first-order valence-corrected chi connectivity index (χ1v) is 16.2.